The van der Waals surface area contributed by atoms with E-state index in [0.717, 1.165) is 57.1 Å². The quantitative estimate of drug-likeness (QED) is 0.0138. The van der Waals surface area contributed by atoms with Crippen molar-refractivity contribution in [2.75, 3.05) is 134 Å². The number of amides is 4. The third-order valence-electron chi connectivity index (χ3n) is 28.4. The Hall–Kier alpha value is -11.2. The number of nitrogens with zero attached hydrogens (tertiary/aromatic N) is 17. The number of esters is 1. The van der Waals surface area contributed by atoms with Crippen molar-refractivity contribution in [1.29, 1.82) is 0 Å². The molecule has 38 heteroatoms. The predicted molar refractivity (Wildman–Crippen MR) is 506 cm³/mol. The summed E-state index contributed by atoms with van der Waals surface area (Å²) in [6.07, 6.45) is 15.3. The van der Waals surface area contributed by atoms with Crippen LogP contribution in [0, 0.1) is 29.6 Å². The molecule has 136 heavy (non-hydrogen) atoms. The monoisotopic (exact) mass is 1880 g/mol. The molecule has 0 spiro atoms. The summed E-state index contributed by atoms with van der Waals surface area (Å²) < 4.78 is 37.4. The molecule has 7 aliphatic heterocycles. The van der Waals surface area contributed by atoms with Crippen molar-refractivity contribution in [3.05, 3.63) is 142 Å². The summed E-state index contributed by atoms with van der Waals surface area (Å²) in [5.74, 6) is -6.84. The normalized spacial score (nSPS) is 28.2. The van der Waals surface area contributed by atoms with Crippen molar-refractivity contribution >= 4 is 87.0 Å². The Bertz CT molecular complexity index is 5540. The van der Waals surface area contributed by atoms with E-state index < -0.39 is 109 Å². The number of aliphatic hydroxyl groups excluding tert-OH is 4. The molecule has 38 nitrogen and oxygen atoms in total. The van der Waals surface area contributed by atoms with E-state index in [0.29, 0.717) is 207 Å². The number of carbonyl (C=O) groups is 6. The molecule has 732 valence electrons. The number of fused-ring (bicyclic) bond motifs is 7. The summed E-state index contributed by atoms with van der Waals surface area (Å²) >= 11 is 0. The second-order valence-corrected chi connectivity index (χ2v) is 38.0. The Morgan fingerprint density at radius 3 is 2.24 bits per heavy atom. The number of hydrogen-bond acceptors (Lipinski definition) is 33. The molecule has 12 heterocycles. The lowest BCUT2D eigenvalue weighted by atomic mass is 9.80. The topological polar surface area (TPSA) is 493 Å². The molecule has 15 rings (SSSR count). The van der Waals surface area contributed by atoms with Crippen LogP contribution in [-0.2, 0) is 85.0 Å². The number of aromatic nitrogens is 9. The van der Waals surface area contributed by atoms with Gasteiger partial charge in [-0.05, 0) is 142 Å². The van der Waals surface area contributed by atoms with E-state index in [4.69, 9.17) is 65.2 Å². The number of piperidine rings is 1. The minimum absolute atomic E-state index is 0.0137. The summed E-state index contributed by atoms with van der Waals surface area (Å²) in [6, 6.07) is 9.80. The number of nitrogen functional groups attached to an aromatic ring is 2. The number of cyclic esters (lactones) is 1. The second kappa shape index (κ2) is 45.0. The summed E-state index contributed by atoms with van der Waals surface area (Å²) in [7, 11) is 3.10. The number of benzene rings is 2. The SMILES string of the molecule is CO[C@H]1C[C@@H]2CC[C@@H](C)[C@@](O)(O2)C(=O)C(=O)N2CCCC[C@H]2C(=O)O[C@H]([C@H](N)C[C@@H]2CC[C@@H](O)[C@H](OC)C2)C[C@@H](O)[C@H](C)/C=C(\C)[C@@H](O)[C@@H](O)C(=NOCC(=O)N2CCc3nc(N4CCN(C(=O)CCOCCN5CCN(c6ncc(C(=O)N7CCc8cc(Cn9nc(-c%10ccc%11oc(N)nc%11c%10)c%10c(N)ncnc%109)ccc8C7)cn6)CC5)CC4)ncc3C2)[C@H](C)C[C@H](C)/C=C/C=CC=C1C. The summed E-state index contributed by atoms with van der Waals surface area (Å²) in [4.78, 5) is 136. The predicted octanol–water partition coefficient (Wildman–Crippen LogP) is 6.21. The van der Waals surface area contributed by atoms with Gasteiger partial charge in [0.15, 0.2) is 17.8 Å². The zero-order valence-corrected chi connectivity index (χ0v) is 79.1. The van der Waals surface area contributed by atoms with E-state index in [1.807, 2.05) is 77.8 Å². The molecule has 4 amide bonds. The highest BCUT2D eigenvalue weighted by Gasteiger charge is 2.54. The van der Waals surface area contributed by atoms with Gasteiger partial charge in [-0.25, -0.2) is 39.4 Å². The number of hydrogen-bond donors (Lipinski definition) is 8. The lowest BCUT2D eigenvalue weighted by Crippen LogP contribution is -2.61. The summed E-state index contributed by atoms with van der Waals surface area (Å²) in [6.45, 7) is 18.7. The van der Waals surface area contributed by atoms with Gasteiger partial charge in [0.25, 0.3) is 29.5 Å². The maximum atomic E-state index is 14.7. The van der Waals surface area contributed by atoms with Gasteiger partial charge in [0.2, 0.25) is 23.6 Å². The number of nitrogens with two attached hydrogens (primary N) is 3. The number of Topliss-reactive ketones (excluding diaryl/α,β-unsaturated/α-hetero) is 1. The van der Waals surface area contributed by atoms with Crippen molar-refractivity contribution in [3.63, 3.8) is 0 Å². The largest absolute Gasteiger partial charge is 0.459 e. The van der Waals surface area contributed by atoms with Crippen molar-refractivity contribution in [1.82, 2.24) is 69.2 Å². The lowest BCUT2D eigenvalue weighted by molar-refractivity contribution is -0.265. The van der Waals surface area contributed by atoms with E-state index in [1.54, 1.807) is 63.5 Å². The molecule has 0 unspecified atom stereocenters. The van der Waals surface area contributed by atoms with Crippen molar-refractivity contribution < 1.29 is 87.2 Å². The number of ether oxygens (including phenoxy) is 5. The molecule has 11 N–H and O–H groups in total. The molecular weight excluding hydrogens is 1750 g/mol. The Labute approximate surface area is 791 Å². The van der Waals surface area contributed by atoms with E-state index in [1.165, 1.54) is 13.4 Å². The third kappa shape index (κ3) is 23.6. The summed E-state index contributed by atoms with van der Waals surface area (Å²) in [5.41, 5.74) is 28.9. The number of anilines is 4. The van der Waals surface area contributed by atoms with Gasteiger partial charge in [-0.15, -0.1) is 0 Å². The molecule has 0 radical (unpaired) electrons. The zero-order chi connectivity index (χ0) is 96.2. The number of carbonyl (C=O) groups excluding carboxylic acids is 6. The van der Waals surface area contributed by atoms with Crippen LogP contribution in [0.15, 0.2) is 118 Å². The van der Waals surface area contributed by atoms with Crippen molar-refractivity contribution in [3.8, 4) is 11.3 Å². The lowest BCUT2D eigenvalue weighted by Gasteiger charge is -2.42. The zero-order valence-electron chi connectivity index (χ0n) is 79.1. The first-order valence-electron chi connectivity index (χ1n) is 47.9. The van der Waals surface area contributed by atoms with Gasteiger partial charge in [0.1, 0.15) is 47.7 Å². The highest BCUT2D eigenvalue weighted by atomic mass is 16.6. The molecule has 4 saturated heterocycles. The third-order valence-corrected chi connectivity index (χ3v) is 28.4. The van der Waals surface area contributed by atoms with E-state index in [9.17, 15) is 54.3 Å². The highest BCUT2D eigenvalue weighted by molar-refractivity contribution is 6.39. The van der Waals surface area contributed by atoms with Gasteiger partial charge < -0.3 is 105 Å². The number of oxime groups is 1. The second-order valence-electron chi connectivity index (χ2n) is 38.0. The molecule has 16 atom stereocenters. The smallest absolute Gasteiger partial charge is 0.329 e. The maximum absolute atomic E-state index is 14.7. The van der Waals surface area contributed by atoms with Crippen LogP contribution in [0.2, 0.25) is 0 Å². The molecule has 1 aliphatic carbocycles. The van der Waals surface area contributed by atoms with Crippen LogP contribution in [0.1, 0.15) is 163 Å². The molecule has 5 aromatic heterocycles. The van der Waals surface area contributed by atoms with Gasteiger partial charge in [-0.3, -0.25) is 28.9 Å². The average molecular weight is 1880 g/mol. The number of piperazine rings is 2. The molecule has 7 aromatic rings. The minimum atomic E-state index is -2.50. The van der Waals surface area contributed by atoms with Crippen LogP contribution in [0.4, 0.5) is 23.7 Å². The van der Waals surface area contributed by atoms with Crippen LogP contribution in [0.3, 0.4) is 0 Å². The number of allylic oxidation sites excluding steroid dienone is 5. The van der Waals surface area contributed by atoms with Gasteiger partial charge in [-0.2, -0.15) is 10.1 Å². The Kier molecular flexibility index (Phi) is 32.8. The Morgan fingerprint density at radius 1 is 0.699 bits per heavy atom. The van der Waals surface area contributed by atoms with Crippen LogP contribution in [-0.4, -0.2) is 315 Å². The van der Waals surface area contributed by atoms with Crippen LogP contribution in [0.25, 0.3) is 33.4 Å². The first-order chi connectivity index (χ1) is 65.5. The fourth-order valence-electron chi connectivity index (χ4n) is 20.1. The molecule has 2 bridgehead atoms. The molecule has 5 fully saturated rings. The molecular formula is C98H132N20O18. The molecule has 8 aliphatic rings. The summed E-state index contributed by atoms with van der Waals surface area (Å²) in [5, 5.41) is 69.4. The molecule has 1 saturated carbocycles. The van der Waals surface area contributed by atoms with Crippen molar-refractivity contribution in [2.24, 2.45) is 40.5 Å². The number of aliphatic hydroxyl groups is 5. The van der Waals surface area contributed by atoms with E-state index in [2.05, 4.69) is 63.0 Å². The van der Waals surface area contributed by atoms with Gasteiger partial charge in [-0.1, -0.05) is 87.5 Å². The standard InChI is InChI=1S/C98H132N20O18/c1-58-14-10-9-11-15-59(2)79(130-7)48-71-22-17-63(6)98(129,136-71)89(125)93(127)117-28-13-12-16-75(117)94(128)134-80(72(99)45-64-19-23-76(119)81(46-64)131-8)49-77(120)60(3)43-62(5)87(123)88(124)85(61(4)42-58)110-133-56-83(122)115-30-26-73-70(55-115)52-104-97(108-73)114-37-35-112(36-38-114)82(121)27-40-132-41-39-111-31-33-113(34-32-111)96-102-50-69(51-103-96)92(126)116-29-25-66-44-65(18-20-68(66)54-116)53-118-91-84(90(100)105-57-106-91)86(109-118)67-21-24-78-74(47-67)107-95(101)135-78/h9-11,14-15,18,20-21,24,43-44,47,50-52,57-58,60-61,63-64,71-72,75-77,79-81,87-88,119-120,123-124,129H,12-13,16-17,19,22-23,25-42,45-46,48-49,53-56,99H2,1-8H3,(H2,101,107)(H2,100,105,106)/b11-9?,14-10+,59-15?,62-43+,110-85?/t58-,60-,61-,63-,64+,71+,72-,75+,76-,77-,79+,80+,81-,87-,88+,98-/m1/s1. The van der Waals surface area contributed by atoms with Crippen LogP contribution >= 0.6 is 0 Å². The maximum Gasteiger partial charge on any atom is 0.329 e. The average Bonchev–Trinajstić information content (AvgIpc) is 1.60. The fourth-order valence-corrected chi connectivity index (χ4v) is 20.1. The van der Waals surface area contributed by atoms with Gasteiger partial charge in [0, 0.05) is 179 Å². The fraction of sp³-hybridized carbons (Fsp3) is 0.582. The van der Waals surface area contributed by atoms with Crippen molar-refractivity contribution in [2.45, 2.75) is 224 Å². The van der Waals surface area contributed by atoms with Crippen LogP contribution < -0.4 is 27.0 Å². The van der Waals surface area contributed by atoms with E-state index in [-0.39, 0.29) is 85.6 Å². The molecule has 2 aromatic carbocycles. The number of oxazole rings is 1. The first kappa shape index (κ1) is 99.3. The van der Waals surface area contributed by atoms with Gasteiger partial charge in [0.05, 0.1) is 79.1 Å². The number of rotatable bonds is 20. The van der Waals surface area contributed by atoms with E-state index >= 15 is 0 Å². The first-order valence-corrected chi connectivity index (χ1v) is 47.9. The Balaban J connectivity index is 0.505. The van der Waals surface area contributed by atoms with Gasteiger partial charge >= 0.3 is 5.97 Å². The minimum Gasteiger partial charge on any atom is -0.459 e. The number of ketones is 1. The highest BCUT2D eigenvalue weighted by Crippen LogP contribution is 2.40. The number of methoxy groups -OCH3 is 2. The Morgan fingerprint density at radius 2 is 1.46 bits per heavy atom. The van der Waals surface area contributed by atoms with Crippen LogP contribution in [0.5, 0.6) is 0 Å².